The molecule has 0 radical (unpaired) electrons. The van der Waals surface area contributed by atoms with Crippen molar-refractivity contribution < 1.29 is 18.8 Å². The largest absolute Gasteiger partial charge is 0.342 e. The molecule has 9 heteroatoms. The van der Waals surface area contributed by atoms with Gasteiger partial charge in [0.05, 0.1) is 11.4 Å². The van der Waals surface area contributed by atoms with Gasteiger partial charge >= 0.3 is 0 Å². The molecule has 1 N–H and O–H groups in total. The topological polar surface area (TPSA) is 71.4 Å². The molecule has 0 aliphatic carbocycles. The number of aromatic nitrogens is 1. The van der Waals surface area contributed by atoms with Crippen molar-refractivity contribution in [3.8, 4) is 0 Å². The van der Waals surface area contributed by atoms with Gasteiger partial charge in [0.25, 0.3) is 11.1 Å². The molecule has 5 rings (SSSR count). The number of benzene rings is 3. The molecule has 3 amide bonds. The Balaban J connectivity index is 1.37. The molecule has 2 heterocycles. The summed E-state index contributed by atoms with van der Waals surface area (Å²) in [5.41, 5.74) is 2.75. The number of fused-ring (bicyclic) bond motifs is 1. The molecule has 0 atom stereocenters. The number of anilines is 1. The van der Waals surface area contributed by atoms with Crippen molar-refractivity contribution in [2.45, 2.75) is 11.4 Å². The third-order valence-corrected chi connectivity index (χ3v) is 7.57. The van der Waals surface area contributed by atoms with E-state index >= 15 is 0 Å². The first-order valence-corrected chi connectivity index (χ1v) is 13.5. The minimum absolute atomic E-state index is 0.232. The number of imide groups is 1. The number of thioether (sulfide) groups is 2. The van der Waals surface area contributed by atoms with Crippen molar-refractivity contribution in [1.29, 1.82) is 0 Å². The van der Waals surface area contributed by atoms with Crippen LogP contribution in [0.1, 0.15) is 11.1 Å². The molecule has 6 nitrogen and oxygen atoms in total. The van der Waals surface area contributed by atoms with Crippen molar-refractivity contribution in [2.75, 3.05) is 18.1 Å². The van der Waals surface area contributed by atoms with Crippen LogP contribution in [0.2, 0.25) is 0 Å². The van der Waals surface area contributed by atoms with E-state index < -0.39 is 17.1 Å². The van der Waals surface area contributed by atoms with Crippen LogP contribution in [0.3, 0.4) is 0 Å². The van der Waals surface area contributed by atoms with Gasteiger partial charge in [-0.3, -0.25) is 19.3 Å². The standard InChI is InChI=1S/C28H22FN3O3S2/c1-36-21-9-6-8-20(14-21)30-26(33)17-32-27(34)25(37-28(32)35)13-19-16-31(24-12-5-3-10-22(19)24)15-18-7-2-4-11-23(18)29/h2-14,16H,15,17H2,1H3,(H,30,33)/b25-13-. The molecule has 3 aromatic carbocycles. The van der Waals surface area contributed by atoms with Crippen molar-refractivity contribution in [1.82, 2.24) is 9.47 Å². The second kappa shape index (κ2) is 10.7. The number of carbonyl (C=O) groups is 3. The lowest BCUT2D eigenvalue weighted by Gasteiger charge is -2.12. The minimum Gasteiger partial charge on any atom is -0.342 e. The maximum Gasteiger partial charge on any atom is 0.294 e. The number of hydrogen-bond donors (Lipinski definition) is 1. The van der Waals surface area contributed by atoms with Crippen LogP contribution in [-0.4, -0.2) is 39.3 Å². The van der Waals surface area contributed by atoms with Crippen LogP contribution in [-0.2, 0) is 16.1 Å². The Kier molecular flexibility index (Phi) is 7.16. The van der Waals surface area contributed by atoms with Crippen LogP contribution < -0.4 is 5.32 Å². The fourth-order valence-corrected chi connectivity index (χ4v) is 5.44. The van der Waals surface area contributed by atoms with Crippen LogP contribution in [0.15, 0.2) is 88.8 Å². The Labute approximate surface area is 221 Å². The van der Waals surface area contributed by atoms with Crippen LogP contribution in [0.25, 0.3) is 17.0 Å². The number of nitrogens with one attached hydrogen (secondary N) is 1. The lowest BCUT2D eigenvalue weighted by Crippen LogP contribution is -2.36. The molecule has 1 aromatic heterocycles. The number of nitrogens with zero attached hydrogens (tertiary/aromatic N) is 2. The zero-order valence-electron chi connectivity index (χ0n) is 19.8. The summed E-state index contributed by atoms with van der Waals surface area (Å²) in [6.45, 7) is -0.0546. The van der Waals surface area contributed by atoms with Gasteiger partial charge in [-0.25, -0.2) is 4.39 Å². The number of rotatable bonds is 7. The molecule has 0 unspecified atom stereocenters. The smallest absolute Gasteiger partial charge is 0.294 e. The number of halogens is 1. The highest BCUT2D eigenvalue weighted by atomic mass is 32.2. The first-order chi connectivity index (χ1) is 17.9. The van der Waals surface area contributed by atoms with Crippen molar-refractivity contribution >= 4 is 63.2 Å². The molecule has 1 aliphatic heterocycles. The van der Waals surface area contributed by atoms with Gasteiger partial charge in [0.2, 0.25) is 5.91 Å². The van der Waals surface area contributed by atoms with Crippen molar-refractivity contribution in [3.63, 3.8) is 0 Å². The predicted molar refractivity (Wildman–Crippen MR) is 147 cm³/mol. The third-order valence-electron chi connectivity index (χ3n) is 5.93. The maximum atomic E-state index is 14.3. The van der Waals surface area contributed by atoms with Gasteiger partial charge in [0.15, 0.2) is 0 Å². The highest BCUT2D eigenvalue weighted by Crippen LogP contribution is 2.34. The second-order valence-corrected chi connectivity index (χ2v) is 10.2. The van der Waals surface area contributed by atoms with E-state index in [0.717, 1.165) is 38.0 Å². The lowest BCUT2D eigenvalue weighted by atomic mass is 10.1. The van der Waals surface area contributed by atoms with E-state index in [1.165, 1.54) is 6.07 Å². The highest BCUT2D eigenvalue weighted by molar-refractivity contribution is 8.18. The number of carbonyl (C=O) groups excluding carboxylic acids is 3. The summed E-state index contributed by atoms with van der Waals surface area (Å²) in [5.74, 6) is -1.27. The monoisotopic (exact) mass is 531 g/mol. The van der Waals surface area contributed by atoms with E-state index in [1.807, 2.05) is 59.5 Å². The summed E-state index contributed by atoms with van der Waals surface area (Å²) in [6, 6.07) is 21.5. The lowest BCUT2D eigenvalue weighted by molar-refractivity contribution is -0.127. The normalized spacial score (nSPS) is 14.6. The zero-order valence-corrected chi connectivity index (χ0v) is 21.4. The molecule has 186 valence electrons. The first-order valence-electron chi connectivity index (χ1n) is 11.4. The summed E-state index contributed by atoms with van der Waals surface area (Å²) < 4.78 is 16.2. The van der Waals surface area contributed by atoms with Crippen LogP contribution in [0.4, 0.5) is 14.9 Å². The predicted octanol–water partition coefficient (Wildman–Crippen LogP) is 6.23. The Morgan fingerprint density at radius 1 is 1.05 bits per heavy atom. The van der Waals surface area contributed by atoms with E-state index in [-0.39, 0.29) is 17.3 Å². The molecule has 0 saturated carbocycles. The average molecular weight is 532 g/mol. The van der Waals surface area contributed by atoms with Crippen molar-refractivity contribution in [3.05, 3.63) is 101 Å². The van der Waals surface area contributed by atoms with Crippen LogP contribution >= 0.6 is 23.5 Å². The van der Waals surface area contributed by atoms with Gasteiger partial charge in [-0.05, 0) is 54.4 Å². The fourth-order valence-electron chi connectivity index (χ4n) is 4.15. The molecular formula is C28H22FN3O3S2. The van der Waals surface area contributed by atoms with Gasteiger partial charge in [-0.15, -0.1) is 11.8 Å². The van der Waals surface area contributed by atoms with E-state index in [9.17, 15) is 18.8 Å². The highest BCUT2D eigenvalue weighted by Gasteiger charge is 2.36. The summed E-state index contributed by atoms with van der Waals surface area (Å²) in [7, 11) is 0. The molecular weight excluding hydrogens is 509 g/mol. The average Bonchev–Trinajstić information content (AvgIpc) is 3.37. The van der Waals surface area contributed by atoms with Crippen molar-refractivity contribution in [2.24, 2.45) is 0 Å². The summed E-state index contributed by atoms with van der Waals surface area (Å²) in [6.07, 6.45) is 5.44. The molecule has 0 spiro atoms. The molecule has 1 saturated heterocycles. The van der Waals surface area contributed by atoms with Gasteiger partial charge in [0, 0.05) is 38.8 Å². The zero-order chi connectivity index (χ0) is 25.9. The molecule has 1 aliphatic rings. The number of para-hydroxylation sites is 1. The Hall–Kier alpha value is -3.82. The van der Waals surface area contributed by atoms with Crippen LogP contribution in [0, 0.1) is 5.82 Å². The SMILES string of the molecule is CSc1cccc(NC(=O)CN2C(=O)S/C(=C\c3cn(Cc4ccccc4F)c4ccccc34)C2=O)c1. The van der Waals surface area contributed by atoms with E-state index in [2.05, 4.69) is 5.32 Å². The second-order valence-electron chi connectivity index (χ2n) is 8.37. The molecule has 37 heavy (non-hydrogen) atoms. The Bertz CT molecular complexity index is 1560. The van der Waals surface area contributed by atoms with E-state index in [1.54, 1.807) is 42.1 Å². The van der Waals surface area contributed by atoms with Gasteiger partial charge in [-0.2, -0.15) is 0 Å². The Morgan fingerprint density at radius 2 is 1.84 bits per heavy atom. The number of amides is 3. The van der Waals surface area contributed by atoms with Gasteiger partial charge in [-0.1, -0.05) is 42.5 Å². The summed E-state index contributed by atoms with van der Waals surface area (Å²) in [4.78, 5) is 40.4. The first kappa shape index (κ1) is 24.9. The fraction of sp³-hybridized carbons (Fsp3) is 0.107. The summed E-state index contributed by atoms with van der Waals surface area (Å²) in [5, 5.41) is 3.12. The van der Waals surface area contributed by atoms with Crippen LogP contribution in [0.5, 0.6) is 0 Å². The van der Waals surface area contributed by atoms with E-state index in [4.69, 9.17) is 0 Å². The summed E-state index contributed by atoms with van der Waals surface area (Å²) >= 11 is 2.35. The molecule has 1 fully saturated rings. The maximum absolute atomic E-state index is 14.3. The molecule has 0 bridgehead atoms. The third kappa shape index (κ3) is 5.33. The number of hydrogen-bond acceptors (Lipinski definition) is 5. The Morgan fingerprint density at radius 3 is 2.65 bits per heavy atom. The minimum atomic E-state index is -0.519. The van der Waals surface area contributed by atoms with E-state index in [0.29, 0.717) is 17.8 Å². The molecule has 4 aromatic rings. The van der Waals surface area contributed by atoms with Gasteiger partial charge < -0.3 is 9.88 Å². The van der Waals surface area contributed by atoms with Gasteiger partial charge in [0.1, 0.15) is 12.4 Å². The quantitative estimate of drug-likeness (QED) is 0.226.